The largest absolute Gasteiger partial charge is 0.393 e. The Morgan fingerprint density at radius 1 is 1.40 bits per heavy atom. The minimum Gasteiger partial charge on any atom is -0.393 e. The molecule has 0 unspecified atom stereocenters. The average Bonchev–Trinajstić information content (AvgIpc) is 2.38. The van der Waals surface area contributed by atoms with Crippen molar-refractivity contribution in [3.8, 4) is 0 Å². The van der Waals surface area contributed by atoms with E-state index in [9.17, 15) is 0 Å². The molecule has 1 heterocycles. The lowest BCUT2D eigenvalue weighted by Gasteiger charge is -2.33. The number of rotatable bonds is 5. The molecule has 2 rings (SSSR count). The topological polar surface area (TPSA) is 29.3 Å². The molecule has 1 aromatic rings. The predicted octanol–water partition coefficient (Wildman–Crippen LogP) is 3.84. The molecule has 0 bridgehead atoms. The van der Waals surface area contributed by atoms with Crippen molar-refractivity contribution in [1.29, 1.82) is 0 Å². The second kappa shape index (κ2) is 6.13. The number of nitrogens with zero attached hydrogens (tertiary/aromatic N) is 1. The summed E-state index contributed by atoms with van der Waals surface area (Å²) in [6, 6.07) is 6.83. The van der Waals surface area contributed by atoms with Gasteiger partial charge in [0.25, 0.3) is 0 Å². The summed E-state index contributed by atoms with van der Waals surface area (Å²) in [5.74, 6) is 0. The number of hydrogen-bond acceptors (Lipinski definition) is 2. The molecule has 2 N–H and O–H groups in total. The van der Waals surface area contributed by atoms with E-state index in [2.05, 4.69) is 43.9 Å². The summed E-state index contributed by atoms with van der Waals surface area (Å²) in [6.07, 6.45) is 4.67. The van der Waals surface area contributed by atoms with Crippen molar-refractivity contribution >= 4 is 22.9 Å². The van der Waals surface area contributed by atoms with Crippen LogP contribution in [0.4, 0.5) is 5.69 Å². The average molecular weight is 290 g/mol. The Balaban J connectivity index is 1.97. The van der Waals surface area contributed by atoms with Crippen LogP contribution in [0, 0.1) is 12.3 Å². The molecule has 0 radical (unpaired) electrons. The predicted molar refractivity (Wildman–Crippen MR) is 91.5 cm³/mol. The van der Waals surface area contributed by atoms with E-state index < -0.39 is 0 Å². The van der Waals surface area contributed by atoms with Crippen molar-refractivity contribution in [2.45, 2.75) is 46.5 Å². The van der Waals surface area contributed by atoms with Gasteiger partial charge in [-0.1, -0.05) is 43.8 Å². The number of fused-ring (bicyclic) bond motifs is 1. The first kappa shape index (κ1) is 15.3. The van der Waals surface area contributed by atoms with Crippen LogP contribution < -0.4 is 10.6 Å². The Hall–Kier alpha value is -1.09. The van der Waals surface area contributed by atoms with E-state index in [1.807, 2.05) is 0 Å². The Bertz CT molecular complexity index is 494. The summed E-state index contributed by atoms with van der Waals surface area (Å²) < 4.78 is 0. The molecule has 20 heavy (non-hydrogen) atoms. The molecule has 0 fully saturated rings. The van der Waals surface area contributed by atoms with Crippen molar-refractivity contribution in [2.24, 2.45) is 11.1 Å². The number of anilines is 1. The fraction of sp³-hybridized carbons (Fsp3) is 0.588. The molecule has 110 valence electrons. The van der Waals surface area contributed by atoms with Crippen LogP contribution >= 0.6 is 12.2 Å². The van der Waals surface area contributed by atoms with E-state index in [4.69, 9.17) is 18.0 Å². The quantitative estimate of drug-likeness (QED) is 0.835. The van der Waals surface area contributed by atoms with E-state index in [0.717, 1.165) is 19.4 Å². The second-order valence-corrected chi connectivity index (χ2v) is 7.01. The molecule has 0 atom stereocenters. The zero-order valence-corrected chi connectivity index (χ0v) is 13.7. The van der Waals surface area contributed by atoms with Crippen LogP contribution in [-0.4, -0.2) is 18.1 Å². The zero-order valence-electron chi connectivity index (χ0n) is 12.9. The maximum Gasteiger partial charge on any atom is 0.0784 e. The monoisotopic (exact) mass is 290 g/mol. The Kier molecular flexibility index (Phi) is 4.69. The highest BCUT2D eigenvalue weighted by atomic mass is 32.1. The van der Waals surface area contributed by atoms with Crippen molar-refractivity contribution in [3.05, 3.63) is 29.3 Å². The fourth-order valence-electron chi connectivity index (χ4n) is 2.87. The lowest BCUT2D eigenvalue weighted by Crippen LogP contribution is -2.33. The third-order valence-corrected chi connectivity index (χ3v) is 4.90. The minimum absolute atomic E-state index is 0.0266. The third-order valence-electron chi connectivity index (χ3n) is 4.35. The Labute approximate surface area is 128 Å². The van der Waals surface area contributed by atoms with E-state index >= 15 is 0 Å². The van der Waals surface area contributed by atoms with Gasteiger partial charge in [-0.3, -0.25) is 0 Å². The van der Waals surface area contributed by atoms with Crippen LogP contribution in [0.15, 0.2) is 18.2 Å². The molecule has 2 nitrogen and oxygen atoms in total. The van der Waals surface area contributed by atoms with Crippen molar-refractivity contribution in [3.63, 3.8) is 0 Å². The summed E-state index contributed by atoms with van der Waals surface area (Å²) in [5, 5.41) is 0. The molecule has 1 aliphatic rings. The van der Waals surface area contributed by atoms with E-state index in [-0.39, 0.29) is 5.41 Å². The van der Waals surface area contributed by atoms with Crippen LogP contribution in [0.5, 0.6) is 0 Å². The zero-order chi connectivity index (χ0) is 14.8. The van der Waals surface area contributed by atoms with Crippen LogP contribution in [0.25, 0.3) is 0 Å². The van der Waals surface area contributed by atoms with Gasteiger partial charge in [-0.05, 0) is 44.2 Å². The Morgan fingerprint density at radius 3 is 2.85 bits per heavy atom. The molecule has 0 saturated carbocycles. The van der Waals surface area contributed by atoms with E-state index in [1.54, 1.807) is 0 Å². The molecule has 0 aromatic heterocycles. The number of aryl methyl sites for hydroxylation is 2. The molecule has 0 saturated heterocycles. The first-order valence-electron chi connectivity index (χ1n) is 7.54. The van der Waals surface area contributed by atoms with Gasteiger partial charge in [0.2, 0.25) is 0 Å². The smallest absolute Gasteiger partial charge is 0.0784 e. The first-order chi connectivity index (χ1) is 9.40. The first-order valence-corrected chi connectivity index (χ1v) is 7.95. The van der Waals surface area contributed by atoms with E-state index in [1.165, 1.54) is 36.2 Å². The maximum absolute atomic E-state index is 5.80. The SMILES string of the molecule is Cc1ccc2c(c1)CCCN2CCCC(C)(C)C(N)=S. The van der Waals surface area contributed by atoms with Gasteiger partial charge in [0.05, 0.1) is 4.99 Å². The number of benzene rings is 1. The summed E-state index contributed by atoms with van der Waals surface area (Å²) in [4.78, 5) is 3.15. The van der Waals surface area contributed by atoms with Crippen molar-refractivity contribution in [1.82, 2.24) is 0 Å². The van der Waals surface area contributed by atoms with Gasteiger partial charge in [-0.2, -0.15) is 0 Å². The number of nitrogens with two attached hydrogens (primary N) is 1. The fourth-order valence-corrected chi connectivity index (χ4v) is 2.97. The Morgan fingerprint density at radius 2 is 2.15 bits per heavy atom. The lowest BCUT2D eigenvalue weighted by atomic mass is 9.87. The molecule has 0 spiro atoms. The molecule has 1 aromatic carbocycles. The minimum atomic E-state index is -0.0266. The number of thiocarbonyl (C=S) groups is 1. The summed E-state index contributed by atoms with van der Waals surface area (Å²) in [7, 11) is 0. The van der Waals surface area contributed by atoms with Crippen LogP contribution in [0.1, 0.15) is 44.2 Å². The van der Waals surface area contributed by atoms with Gasteiger partial charge in [0.1, 0.15) is 0 Å². The normalized spacial score (nSPS) is 15.1. The summed E-state index contributed by atoms with van der Waals surface area (Å²) in [6.45, 7) is 8.72. The second-order valence-electron chi connectivity index (χ2n) is 6.57. The van der Waals surface area contributed by atoms with Gasteiger partial charge < -0.3 is 10.6 Å². The van der Waals surface area contributed by atoms with E-state index in [0.29, 0.717) is 4.99 Å². The van der Waals surface area contributed by atoms with Gasteiger partial charge >= 0.3 is 0 Å². The van der Waals surface area contributed by atoms with Gasteiger partial charge in [-0.15, -0.1) is 0 Å². The highest BCUT2D eigenvalue weighted by Gasteiger charge is 2.22. The standard InChI is InChI=1S/C17H26N2S/c1-13-7-8-15-14(12-13)6-4-10-19(15)11-5-9-17(2,3)16(18)20/h7-8,12H,4-6,9-11H2,1-3H3,(H2,18,20). The molecular weight excluding hydrogens is 264 g/mol. The van der Waals surface area contributed by atoms with Gasteiger partial charge in [0, 0.05) is 24.2 Å². The summed E-state index contributed by atoms with van der Waals surface area (Å²) in [5.41, 5.74) is 10.1. The molecule has 3 heteroatoms. The van der Waals surface area contributed by atoms with Crippen LogP contribution in [-0.2, 0) is 6.42 Å². The van der Waals surface area contributed by atoms with Crippen LogP contribution in [0.3, 0.4) is 0 Å². The van der Waals surface area contributed by atoms with Crippen molar-refractivity contribution in [2.75, 3.05) is 18.0 Å². The maximum atomic E-state index is 5.80. The highest BCUT2D eigenvalue weighted by Crippen LogP contribution is 2.29. The molecule has 0 aliphatic carbocycles. The van der Waals surface area contributed by atoms with Crippen molar-refractivity contribution < 1.29 is 0 Å². The summed E-state index contributed by atoms with van der Waals surface area (Å²) >= 11 is 5.14. The lowest BCUT2D eigenvalue weighted by molar-refractivity contribution is 0.456. The third kappa shape index (κ3) is 3.51. The molecule has 0 amide bonds. The number of hydrogen-bond donors (Lipinski definition) is 1. The van der Waals surface area contributed by atoms with Gasteiger partial charge in [0.15, 0.2) is 0 Å². The molecular formula is C17H26N2S. The van der Waals surface area contributed by atoms with Gasteiger partial charge in [-0.25, -0.2) is 0 Å². The van der Waals surface area contributed by atoms with Crippen LogP contribution in [0.2, 0.25) is 0 Å². The highest BCUT2D eigenvalue weighted by molar-refractivity contribution is 7.80. The molecule has 1 aliphatic heterocycles.